The van der Waals surface area contributed by atoms with Crippen LogP contribution in [0.25, 0.3) is 0 Å². The normalized spacial score (nSPS) is 17.0. The van der Waals surface area contributed by atoms with Crippen molar-refractivity contribution in [3.05, 3.63) is 16.1 Å². The fraction of sp³-hybridized carbons (Fsp3) is 0.733. The van der Waals surface area contributed by atoms with Crippen LogP contribution in [0.15, 0.2) is 6.20 Å². The van der Waals surface area contributed by atoms with E-state index in [0.29, 0.717) is 6.04 Å². The van der Waals surface area contributed by atoms with Crippen molar-refractivity contribution < 1.29 is 9.53 Å². The lowest BCUT2D eigenvalue weighted by Crippen LogP contribution is -2.46. The second kappa shape index (κ2) is 6.75. The van der Waals surface area contributed by atoms with Gasteiger partial charge in [0.2, 0.25) is 0 Å². The van der Waals surface area contributed by atoms with Crippen LogP contribution in [0, 0.1) is 6.92 Å². The predicted octanol–water partition coefficient (Wildman–Crippen LogP) is 2.94. The number of thiazole rings is 1. The maximum Gasteiger partial charge on any atom is 0.410 e. The molecule has 0 unspecified atom stereocenters. The molecule has 21 heavy (non-hydrogen) atoms. The molecule has 0 atom stereocenters. The zero-order chi connectivity index (χ0) is 15.5. The molecule has 0 bridgehead atoms. The van der Waals surface area contributed by atoms with Crippen molar-refractivity contribution in [2.75, 3.05) is 13.1 Å². The molecule has 1 amide bonds. The Labute approximate surface area is 130 Å². The van der Waals surface area contributed by atoms with Crippen LogP contribution in [0.5, 0.6) is 0 Å². The molecule has 2 rings (SSSR count). The van der Waals surface area contributed by atoms with Crippen LogP contribution in [0.2, 0.25) is 0 Å². The van der Waals surface area contributed by atoms with Crippen molar-refractivity contribution >= 4 is 17.4 Å². The monoisotopic (exact) mass is 311 g/mol. The van der Waals surface area contributed by atoms with E-state index in [1.165, 1.54) is 4.88 Å². The highest BCUT2D eigenvalue weighted by molar-refractivity contribution is 7.11. The van der Waals surface area contributed by atoms with Gasteiger partial charge in [0, 0.05) is 36.8 Å². The Balaban J connectivity index is 1.72. The third kappa shape index (κ3) is 5.28. The quantitative estimate of drug-likeness (QED) is 0.932. The maximum atomic E-state index is 12.0. The van der Waals surface area contributed by atoms with Gasteiger partial charge in [-0.1, -0.05) is 0 Å². The molecule has 1 saturated heterocycles. The highest BCUT2D eigenvalue weighted by Gasteiger charge is 2.26. The number of ether oxygens (including phenoxy) is 1. The molecule has 1 aromatic heterocycles. The van der Waals surface area contributed by atoms with Gasteiger partial charge in [-0.15, -0.1) is 11.3 Å². The summed E-state index contributed by atoms with van der Waals surface area (Å²) in [5.41, 5.74) is -0.420. The number of rotatable bonds is 3. The summed E-state index contributed by atoms with van der Waals surface area (Å²) >= 11 is 1.73. The minimum atomic E-state index is -0.420. The Bertz CT molecular complexity index is 474. The first kappa shape index (κ1) is 16.2. The van der Waals surface area contributed by atoms with Crippen molar-refractivity contribution in [1.29, 1.82) is 0 Å². The lowest BCUT2D eigenvalue weighted by Gasteiger charge is -2.33. The molecule has 1 aliphatic rings. The summed E-state index contributed by atoms with van der Waals surface area (Å²) in [5, 5.41) is 4.65. The van der Waals surface area contributed by atoms with Gasteiger partial charge in [-0.05, 0) is 40.5 Å². The van der Waals surface area contributed by atoms with Crippen LogP contribution in [-0.2, 0) is 11.3 Å². The van der Waals surface area contributed by atoms with E-state index in [-0.39, 0.29) is 6.09 Å². The number of piperidine rings is 1. The minimum Gasteiger partial charge on any atom is -0.444 e. The number of carbonyl (C=O) groups is 1. The van der Waals surface area contributed by atoms with Crippen molar-refractivity contribution in [3.63, 3.8) is 0 Å². The number of nitrogens with one attached hydrogen (secondary N) is 1. The van der Waals surface area contributed by atoms with Crippen LogP contribution >= 0.6 is 11.3 Å². The van der Waals surface area contributed by atoms with Crippen molar-refractivity contribution in [2.45, 2.75) is 58.7 Å². The summed E-state index contributed by atoms with van der Waals surface area (Å²) in [6.07, 6.45) is 3.68. The summed E-state index contributed by atoms with van der Waals surface area (Å²) in [6.45, 7) is 10.1. The van der Waals surface area contributed by atoms with E-state index in [2.05, 4.69) is 10.3 Å². The molecule has 1 aliphatic heterocycles. The Morgan fingerprint density at radius 2 is 2.14 bits per heavy atom. The topological polar surface area (TPSA) is 54.5 Å². The Hall–Kier alpha value is -1.14. The molecule has 118 valence electrons. The van der Waals surface area contributed by atoms with Gasteiger partial charge >= 0.3 is 6.09 Å². The van der Waals surface area contributed by atoms with Crippen LogP contribution < -0.4 is 5.32 Å². The molecule has 1 N–H and O–H groups in total. The summed E-state index contributed by atoms with van der Waals surface area (Å²) in [4.78, 5) is 19.3. The van der Waals surface area contributed by atoms with Gasteiger partial charge in [-0.2, -0.15) is 0 Å². The third-order valence-electron chi connectivity index (χ3n) is 3.38. The molecule has 0 radical (unpaired) electrons. The van der Waals surface area contributed by atoms with Gasteiger partial charge in [0.1, 0.15) is 5.60 Å². The van der Waals surface area contributed by atoms with E-state index in [9.17, 15) is 4.79 Å². The van der Waals surface area contributed by atoms with E-state index >= 15 is 0 Å². The van der Waals surface area contributed by atoms with E-state index in [4.69, 9.17) is 4.74 Å². The number of aryl methyl sites for hydroxylation is 1. The van der Waals surface area contributed by atoms with Crippen molar-refractivity contribution in [3.8, 4) is 0 Å². The van der Waals surface area contributed by atoms with E-state index in [0.717, 1.165) is 37.5 Å². The van der Waals surface area contributed by atoms with E-state index < -0.39 is 5.60 Å². The molecule has 1 aromatic rings. The lowest BCUT2D eigenvalue weighted by atomic mass is 10.1. The second-order valence-electron chi connectivity index (χ2n) is 6.47. The number of hydrogen-bond donors (Lipinski definition) is 1. The molecule has 0 aliphatic carbocycles. The molecular weight excluding hydrogens is 286 g/mol. The average Bonchev–Trinajstić information content (AvgIpc) is 2.81. The van der Waals surface area contributed by atoms with Crippen LogP contribution in [-0.4, -0.2) is 40.7 Å². The molecular formula is C15H25N3O2S. The number of nitrogens with zero attached hydrogens (tertiary/aromatic N) is 2. The summed E-state index contributed by atoms with van der Waals surface area (Å²) in [5.74, 6) is 0. The number of likely N-dealkylation sites (tertiary alicyclic amines) is 1. The maximum absolute atomic E-state index is 12.0. The fourth-order valence-corrected chi connectivity index (χ4v) is 3.07. The lowest BCUT2D eigenvalue weighted by molar-refractivity contribution is 0.0198. The number of aromatic nitrogens is 1. The Kier molecular flexibility index (Phi) is 5.22. The zero-order valence-corrected chi connectivity index (χ0v) is 14.1. The molecule has 5 nitrogen and oxygen atoms in total. The minimum absolute atomic E-state index is 0.195. The second-order valence-corrected chi connectivity index (χ2v) is 7.79. The van der Waals surface area contributed by atoms with Crippen molar-refractivity contribution in [2.24, 2.45) is 0 Å². The Morgan fingerprint density at radius 1 is 1.48 bits per heavy atom. The Morgan fingerprint density at radius 3 is 2.67 bits per heavy atom. The largest absolute Gasteiger partial charge is 0.444 e. The van der Waals surface area contributed by atoms with E-state index in [1.54, 1.807) is 16.2 Å². The summed E-state index contributed by atoms with van der Waals surface area (Å²) in [6, 6.07) is 0.464. The van der Waals surface area contributed by atoms with E-state index in [1.807, 2.05) is 33.9 Å². The smallest absolute Gasteiger partial charge is 0.410 e. The molecule has 0 saturated carbocycles. The first-order valence-corrected chi connectivity index (χ1v) is 8.28. The fourth-order valence-electron chi connectivity index (χ4n) is 2.32. The zero-order valence-electron chi connectivity index (χ0n) is 13.3. The highest BCUT2D eigenvalue weighted by Crippen LogP contribution is 2.17. The average molecular weight is 311 g/mol. The van der Waals surface area contributed by atoms with Crippen LogP contribution in [0.3, 0.4) is 0 Å². The molecule has 1 fully saturated rings. The highest BCUT2D eigenvalue weighted by atomic mass is 32.1. The summed E-state index contributed by atoms with van der Waals surface area (Å²) in [7, 11) is 0. The van der Waals surface area contributed by atoms with Crippen LogP contribution in [0.4, 0.5) is 4.79 Å². The molecule has 6 heteroatoms. The van der Waals surface area contributed by atoms with Gasteiger partial charge < -0.3 is 15.0 Å². The number of carbonyl (C=O) groups excluding carboxylic acids is 1. The predicted molar refractivity (Wildman–Crippen MR) is 84.5 cm³/mol. The van der Waals surface area contributed by atoms with Gasteiger partial charge in [0.25, 0.3) is 0 Å². The molecule has 2 heterocycles. The molecule has 0 spiro atoms. The van der Waals surface area contributed by atoms with Gasteiger partial charge in [-0.25, -0.2) is 9.78 Å². The van der Waals surface area contributed by atoms with Gasteiger partial charge in [0.05, 0.1) is 5.01 Å². The molecule has 0 aromatic carbocycles. The third-order valence-corrected chi connectivity index (χ3v) is 4.29. The summed E-state index contributed by atoms with van der Waals surface area (Å²) < 4.78 is 5.40. The standard InChI is InChI=1S/C15H25N3O2S/c1-11-16-9-13(21-11)10-17-12-5-7-18(8-6-12)14(19)20-15(2,3)4/h9,12,17H,5-8,10H2,1-4H3. The van der Waals surface area contributed by atoms with Crippen LogP contribution in [0.1, 0.15) is 43.5 Å². The number of hydrogen-bond acceptors (Lipinski definition) is 5. The first-order valence-electron chi connectivity index (χ1n) is 7.46. The SMILES string of the molecule is Cc1ncc(CNC2CCN(C(=O)OC(C)(C)C)CC2)s1. The van der Waals surface area contributed by atoms with Gasteiger partial charge in [0.15, 0.2) is 0 Å². The van der Waals surface area contributed by atoms with Gasteiger partial charge in [-0.3, -0.25) is 0 Å². The number of amides is 1. The van der Waals surface area contributed by atoms with Crippen molar-refractivity contribution in [1.82, 2.24) is 15.2 Å². The first-order chi connectivity index (χ1) is 9.83.